The summed E-state index contributed by atoms with van der Waals surface area (Å²) in [6, 6.07) is 0. The zero-order valence-electron chi connectivity index (χ0n) is 8.06. The van der Waals surface area contributed by atoms with Crippen LogP contribution in [0.25, 0.3) is 0 Å². The van der Waals surface area contributed by atoms with E-state index in [0.29, 0.717) is 13.0 Å². The lowest BCUT2D eigenvalue weighted by molar-refractivity contribution is -0.142. The van der Waals surface area contributed by atoms with E-state index in [1.807, 2.05) is 0 Å². The summed E-state index contributed by atoms with van der Waals surface area (Å²) >= 11 is 0. The molecule has 7 heteroatoms. The van der Waals surface area contributed by atoms with Crippen molar-refractivity contribution in [1.29, 1.82) is 0 Å². The van der Waals surface area contributed by atoms with Gasteiger partial charge in [0.1, 0.15) is 5.54 Å². The minimum atomic E-state index is -4.36. The van der Waals surface area contributed by atoms with Crippen LogP contribution in [0.2, 0.25) is 0 Å². The Morgan fingerprint density at radius 3 is 2.60 bits per heavy atom. The van der Waals surface area contributed by atoms with E-state index in [-0.39, 0.29) is 13.0 Å². The highest BCUT2D eigenvalue weighted by molar-refractivity contribution is 5.85. The Hall–Kier alpha value is -0.820. The zero-order valence-corrected chi connectivity index (χ0v) is 8.06. The second-order valence-corrected chi connectivity index (χ2v) is 3.57. The number of nitrogens with one attached hydrogen (secondary N) is 1. The molecule has 1 fully saturated rings. The van der Waals surface area contributed by atoms with E-state index < -0.39 is 24.2 Å². The summed E-state index contributed by atoms with van der Waals surface area (Å²) in [6.07, 6.45) is -3.56. The van der Waals surface area contributed by atoms with Crippen LogP contribution >= 0.6 is 0 Å². The maximum Gasteiger partial charge on any atom is 0.401 e. The molecule has 1 atom stereocenters. The quantitative estimate of drug-likeness (QED) is 0.721. The molecule has 1 rings (SSSR count). The molecule has 1 aliphatic rings. The summed E-state index contributed by atoms with van der Waals surface area (Å²) in [5.74, 6) is -0.800. The SMILES string of the molecule is NC(=O)C1(NCC(F)(F)F)CCCOC1. The Labute approximate surface area is 84.9 Å². The average Bonchev–Trinajstić information content (AvgIpc) is 2.15. The molecule has 4 nitrogen and oxygen atoms in total. The zero-order chi connectivity index (χ0) is 11.5. The molecule has 15 heavy (non-hydrogen) atoms. The average molecular weight is 226 g/mol. The van der Waals surface area contributed by atoms with Gasteiger partial charge in [0.15, 0.2) is 0 Å². The van der Waals surface area contributed by atoms with Crippen LogP contribution in [0.15, 0.2) is 0 Å². The van der Waals surface area contributed by atoms with Gasteiger partial charge < -0.3 is 10.5 Å². The molecule has 1 saturated heterocycles. The van der Waals surface area contributed by atoms with Gasteiger partial charge in [-0.05, 0) is 12.8 Å². The summed E-state index contributed by atoms with van der Waals surface area (Å²) in [4.78, 5) is 11.1. The minimum absolute atomic E-state index is 0.0988. The molecule has 0 aliphatic carbocycles. The number of hydrogen-bond donors (Lipinski definition) is 2. The van der Waals surface area contributed by atoms with Crippen LogP contribution in [0.4, 0.5) is 13.2 Å². The lowest BCUT2D eigenvalue weighted by Crippen LogP contribution is -2.61. The number of nitrogens with two attached hydrogens (primary N) is 1. The molecule has 88 valence electrons. The number of carbonyl (C=O) groups excluding carboxylic acids is 1. The molecule has 3 N–H and O–H groups in total. The number of alkyl halides is 3. The first-order valence-corrected chi connectivity index (χ1v) is 4.55. The van der Waals surface area contributed by atoms with Crippen molar-refractivity contribution >= 4 is 5.91 Å². The third-order valence-electron chi connectivity index (χ3n) is 2.34. The lowest BCUT2D eigenvalue weighted by atomic mass is 9.91. The molecule has 0 bridgehead atoms. The fourth-order valence-electron chi connectivity index (χ4n) is 1.48. The Morgan fingerprint density at radius 1 is 1.53 bits per heavy atom. The van der Waals surface area contributed by atoms with Gasteiger partial charge in [0.2, 0.25) is 5.91 Å². The van der Waals surface area contributed by atoms with E-state index in [0.717, 1.165) is 0 Å². The van der Waals surface area contributed by atoms with Crippen molar-refractivity contribution in [3.05, 3.63) is 0 Å². The third-order valence-corrected chi connectivity index (χ3v) is 2.34. The highest BCUT2D eigenvalue weighted by Crippen LogP contribution is 2.21. The first kappa shape index (κ1) is 12.3. The summed E-state index contributed by atoms with van der Waals surface area (Å²) < 4.78 is 40.9. The van der Waals surface area contributed by atoms with Crippen molar-refractivity contribution in [3.8, 4) is 0 Å². The second-order valence-electron chi connectivity index (χ2n) is 3.57. The van der Waals surface area contributed by atoms with E-state index in [4.69, 9.17) is 10.5 Å². The number of primary amides is 1. The van der Waals surface area contributed by atoms with Gasteiger partial charge in [-0.1, -0.05) is 0 Å². The lowest BCUT2D eigenvalue weighted by Gasteiger charge is -2.35. The largest absolute Gasteiger partial charge is 0.401 e. The molecule has 1 aliphatic heterocycles. The summed E-state index contributed by atoms with van der Waals surface area (Å²) in [5, 5.41) is 2.15. The Morgan fingerprint density at radius 2 is 2.20 bits per heavy atom. The first-order valence-electron chi connectivity index (χ1n) is 4.55. The van der Waals surface area contributed by atoms with E-state index in [1.165, 1.54) is 0 Å². The summed E-state index contributed by atoms with van der Waals surface area (Å²) in [6.45, 7) is -0.888. The van der Waals surface area contributed by atoms with Crippen molar-refractivity contribution < 1.29 is 22.7 Å². The number of carbonyl (C=O) groups is 1. The molecular weight excluding hydrogens is 213 g/mol. The highest BCUT2D eigenvalue weighted by Gasteiger charge is 2.41. The number of halogens is 3. The number of ether oxygens (including phenoxy) is 1. The van der Waals surface area contributed by atoms with Crippen LogP contribution < -0.4 is 11.1 Å². The first-order chi connectivity index (χ1) is 6.86. The van der Waals surface area contributed by atoms with Crippen molar-refractivity contribution in [3.63, 3.8) is 0 Å². The molecule has 0 radical (unpaired) electrons. The topological polar surface area (TPSA) is 64.4 Å². The van der Waals surface area contributed by atoms with Crippen LogP contribution in [-0.2, 0) is 9.53 Å². The van der Waals surface area contributed by atoms with Crippen molar-refractivity contribution in [2.24, 2.45) is 5.73 Å². The van der Waals surface area contributed by atoms with E-state index in [1.54, 1.807) is 0 Å². The van der Waals surface area contributed by atoms with Gasteiger partial charge in [-0.3, -0.25) is 10.1 Å². The molecule has 0 aromatic heterocycles. The van der Waals surface area contributed by atoms with E-state index >= 15 is 0 Å². The van der Waals surface area contributed by atoms with Gasteiger partial charge >= 0.3 is 6.18 Å². The fourth-order valence-corrected chi connectivity index (χ4v) is 1.48. The van der Waals surface area contributed by atoms with E-state index in [9.17, 15) is 18.0 Å². The monoisotopic (exact) mass is 226 g/mol. The van der Waals surface area contributed by atoms with Crippen molar-refractivity contribution in [2.75, 3.05) is 19.8 Å². The maximum atomic E-state index is 12.0. The summed E-state index contributed by atoms with van der Waals surface area (Å²) in [5.41, 5.74) is 3.72. The van der Waals surface area contributed by atoms with Gasteiger partial charge in [0.25, 0.3) is 0 Å². The number of rotatable bonds is 3. The molecule has 1 unspecified atom stereocenters. The predicted molar refractivity (Wildman–Crippen MR) is 46.0 cm³/mol. The van der Waals surface area contributed by atoms with Gasteiger partial charge in [0.05, 0.1) is 13.2 Å². The summed E-state index contributed by atoms with van der Waals surface area (Å²) in [7, 11) is 0. The van der Waals surface area contributed by atoms with E-state index in [2.05, 4.69) is 5.32 Å². The number of amides is 1. The van der Waals surface area contributed by atoms with Gasteiger partial charge in [-0.15, -0.1) is 0 Å². The normalized spacial score (nSPS) is 27.7. The van der Waals surface area contributed by atoms with Crippen molar-refractivity contribution in [2.45, 2.75) is 24.6 Å². The maximum absolute atomic E-state index is 12.0. The van der Waals surface area contributed by atoms with Gasteiger partial charge in [-0.25, -0.2) is 0 Å². The minimum Gasteiger partial charge on any atom is -0.379 e. The molecule has 0 aromatic rings. The molecule has 0 saturated carbocycles. The third kappa shape index (κ3) is 3.35. The van der Waals surface area contributed by atoms with Gasteiger partial charge in [0, 0.05) is 6.61 Å². The van der Waals surface area contributed by atoms with Crippen LogP contribution in [0.5, 0.6) is 0 Å². The molecule has 0 aromatic carbocycles. The second kappa shape index (κ2) is 4.36. The van der Waals surface area contributed by atoms with Crippen LogP contribution in [0.1, 0.15) is 12.8 Å². The molecular formula is C8H13F3N2O2. The van der Waals surface area contributed by atoms with Crippen LogP contribution in [0, 0.1) is 0 Å². The molecule has 1 heterocycles. The van der Waals surface area contributed by atoms with Gasteiger partial charge in [-0.2, -0.15) is 13.2 Å². The smallest absolute Gasteiger partial charge is 0.379 e. The van der Waals surface area contributed by atoms with Crippen LogP contribution in [-0.4, -0.2) is 37.4 Å². The predicted octanol–water partition coefficient (Wildman–Crippen LogP) is 0.173. The number of hydrogen-bond acceptors (Lipinski definition) is 3. The fraction of sp³-hybridized carbons (Fsp3) is 0.875. The Balaban J connectivity index is 2.61. The van der Waals surface area contributed by atoms with Crippen LogP contribution in [0.3, 0.4) is 0 Å². The molecule has 0 spiro atoms. The molecule has 1 amide bonds. The standard InChI is InChI=1S/C8H13F3N2O2/c9-8(10,11)4-13-7(6(12)14)2-1-3-15-5-7/h13H,1-5H2,(H2,12,14). The Kier molecular flexibility index (Phi) is 3.56. The Bertz CT molecular complexity index is 237. The van der Waals surface area contributed by atoms with Crippen molar-refractivity contribution in [1.82, 2.24) is 5.32 Å². The highest BCUT2D eigenvalue weighted by atomic mass is 19.4.